The van der Waals surface area contributed by atoms with Crippen LogP contribution in [0.25, 0.3) is 0 Å². The van der Waals surface area contributed by atoms with Gasteiger partial charge in [0, 0.05) is 25.5 Å². The van der Waals surface area contributed by atoms with E-state index in [0.717, 1.165) is 18.4 Å². The zero-order valence-corrected chi connectivity index (χ0v) is 14.4. The average molecular weight is 364 g/mol. The Morgan fingerprint density at radius 1 is 1.20 bits per heavy atom. The summed E-state index contributed by atoms with van der Waals surface area (Å²) in [4.78, 5) is 0.342. The second kappa shape index (κ2) is 8.77. The molecule has 0 atom stereocenters. The van der Waals surface area contributed by atoms with Gasteiger partial charge in [0.15, 0.2) is 0 Å². The van der Waals surface area contributed by atoms with Gasteiger partial charge >= 0.3 is 0 Å². The molecule has 4 nitrogen and oxygen atoms in total. The van der Waals surface area contributed by atoms with Crippen LogP contribution < -0.4 is 0 Å². The van der Waals surface area contributed by atoms with Gasteiger partial charge in [-0.3, -0.25) is 0 Å². The molecule has 0 spiro atoms. The molecule has 0 N–H and O–H groups in total. The molecule has 0 unspecified atom stereocenters. The van der Waals surface area contributed by atoms with Gasteiger partial charge < -0.3 is 4.74 Å². The standard InChI is InChI=1S/C14H22BrNO3S/c1-3-4-13-5-7-14(8-6-13)20(17,18)16(10-9-15)11-12-19-2/h5-8H,3-4,9-12H2,1-2H3. The molecule has 114 valence electrons. The van der Waals surface area contributed by atoms with Crippen molar-refractivity contribution in [3.8, 4) is 0 Å². The van der Waals surface area contributed by atoms with E-state index in [1.807, 2.05) is 12.1 Å². The van der Waals surface area contributed by atoms with E-state index >= 15 is 0 Å². The first-order valence-corrected chi connectivity index (χ1v) is 9.26. The van der Waals surface area contributed by atoms with Gasteiger partial charge in [-0.25, -0.2) is 8.42 Å². The van der Waals surface area contributed by atoms with Gasteiger partial charge in [-0.05, 0) is 24.1 Å². The first-order chi connectivity index (χ1) is 9.56. The van der Waals surface area contributed by atoms with Crippen LogP contribution in [-0.2, 0) is 21.2 Å². The lowest BCUT2D eigenvalue weighted by atomic mass is 10.1. The molecular weight excluding hydrogens is 342 g/mol. The van der Waals surface area contributed by atoms with Gasteiger partial charge in [0.25, 0.3) is 0 Å². The van der Waals surface area contributed by atoms with E-state index in [4.69, 9.17) is 4.74 Å². The Kier molecular flexibility index (Phi) is 7.72. The van der Waals surface area contributed by atoms with Crippen molar-refractivity contribution in [1.29, 1.82) is 0 Å². The predicted octanol–water partition coefficient (Wildman–Crippen LogP) is 2.67. The highest BCUT2D eigenvalue weighted by Crippen LogP contribution is 2.17. The number of halogens is 1. The van der Waals surface area contributed by atoms with E-state index in [-0.39, 0.29) is 0 Å². The van der Waals surface area contributed by atoms with Crippen LogP contribution in [0.15, 0.2) is 29.2 Å². The molecule has 0 bridgehead atoms. The van der Waals surface area contributed by atoms with E-state index in [1.165, 1.54) is 4.31 Å². The molecule has 0 aliphatic heterocycles. The minimum Gasteiger partial charge on any atom is -0.383 e. The maximum Gasteiger partial charge on any atom is 0.243 e. The van der Waals surface area contributed by atoms with E-state index in [1.54, 1.807) is 19.2 Å². The molecule has 0 aromatic heterocycles. The van der Waals surface area contributed by atoms with Crippen LogP contribution in [-0.4, -0.2) is 44.9 Å². The molecule has 1 rings (SSSR count). The molecule has 0 radical (unpaired) electrons. The molecule has 1 aromatic rings. The van der Waals surface area contributed by atoms with E-state index in [9.17, 15) is 8.42 Å². The Hall–Kier alpha value is -0.430. The van der Waals surface area contributed by atoms with Crippen molar-refractivity contribution in [2.24, 2.45) is 0 Å². The van der Waals surface area contributed by atoms with Crippen molar-refractivity contribution < 1.29 is 13.2 Å². The van der Waals surface area contributed by atoms with E-state index in [2.05, 4.69) is 22.9 Å². The molecule has 0 aliphatic rings. The lowest BCUT2D eigenvalue weighted by Gasteiger charge is -2.21. The maximum atomic E-state index is 12.5. The first-order valence-electron chi connectivity index (χ1n) is 6.70. The van der Waals surface area contributed by atoms with Gasteiger partial charge in [-0.2, -0.15) is 4.31 Å². The quantitative estimate of drug-likeness (QED) is 0.633. The number of benzene rings is 1. The molecule has 6 heteroatoms. The summed E-state index contributed by atoms with van der Waals surface area (Å²) in [6.07, 6.45) is 2.02. The van der Waals surface area contributed by atoms with Crippen LogP contribution in [0.3, 0.4) is 0 Å². The summed E-state index contributed by atoms with van der Waals surface area (Å²) >= 11 is 3.29. The van der Waals surface area contributed by atoms with Crippen molar-refractivity contribution in [1.82, 2.24) is 4.31 Å². The smallest absolute Gasteiger partial charge is 0.243 e. The third-order valence-electron chi connectivity index (χ3n) is 2.98. The lowest BCUT2D eigenvalue weighted by Crippen LogP contribution is -2.35. The maximum absolute atomic E-state index is 12.5. The minimum absolute atomic E-state index is 0.342. The lowest BCUT2D eigenvalue weighted by molar-refractivity contribution is 0.181. The monoisotopic (exact) mass is 363 g/mol. The normalized spacial score (nSPS) is 12.0. The van der Waals surface area contributed by atoms with Gasteiger partial charge in [-0.15, -0.1) is 0 Å². The molecule has 0 amide bonds. The van der Waals surface area contributed by atoms with Crippen LogP contribution in [0.5, 0.6) is 0 Å². The third-order valence-corrected chi connectivity index (χ3v) is 5.25. The van der Waals surface area contributed by atoms with Gasteiger partial charge in [0.1, 0.15) is 0 Å². The largest absolute Gasteiger partial charge is 0.383 e. The number of ether oxygens (including phenoxy) is 1. The predicted molar refractivity (Wildman–Crippen MR) is 84.9 cm³/mol. The van der Waals surface area contributed by atoms with Crippen LogP contribution in [0, 0.1) is 0 Å². The molecule has 0 heterocycles. The number of hydrogen-bond acceptors (Lipinski definition) is 3. The number of aryl methyl sites for hydroxylation is 1. The molecule has 0 fully saturated rings. The summed E-state index contributed by atoms with van der Waals surface area (Å²) in [5, 5.41) is 0.601. The highest BCUT2D eigenvalue weighted by atomic mass is 79.9. The zero-order valence-electron chi connectivity index (χ0n) is 12.0. The number of methoxy groups -OCH3 is 1. The van der Waals surface area contributed by atoms with Crippen molar-refractivity contribution in [2.75, 3.05) is 32.1 Å². The number of sulfonamides is 1. The number of alkyl halides is 1. The van der Waals surface area contributed by atoms with Crippen molar-refractivity contribution in [3.05, 3.63) is 29.8 Å². The summed E-state index contributed by atoms with van der Waals surface area (Å²) in [6.45, 7) is 3.29. The second-order valence-corrected chi connectivity index (χ2v) is 7.21. The van der Waals surface area contributed by atoms with Crippen LogP contribution in [0.4, 0.5) is 0 Å². The topological polar surface area (TPSA) is 46.6 Å². The zero-order chi connectivity index (χ0) is 15.0. The summed E-state index contributed by atoms with van der Waals surface area (Å²) in [7, 11) is -1.88. The Morgan fingerprint density at radius 3 is 2.35 bits per heavy atom. The Bertz CT molecular complexity index is 488. The Morgan fingerprint density at radius 2 is 1.85 bits per heavy atom. The summed E-state index contributed by atoms with van der Waals surface area (Å²) < 4.78 is 31.5. The van der Waals surface area contributed by atoms with Crippen molar-refractivity contribution >= 4 is 26.0 Å². The molecule has 1 aromatic carbocycles. The van der Waals surface area contributed by atoms with Crippen molar-refractivity contribution in [2.45, 2.75) is 24.7 Å². The fraction of sp³-hybridized carbons (Fsp3) is 0.571. The minimum atomic E-state index is -3.44. The van der Waals surface area contributed by atoms with Gasteiger partial charge in [0.05, 0.1) is 11.5 Å². The summed E-state index contributed by atoms with van der Waals surface area (Å²) in [6, 6.07) is 7.15. The molecular formula is C14H22BrNO3S. The Balaban J connectivity index is 2.93. The first kappa shape index (κ1) is 17.6. The molecule has 0 saturated heterocycles. The molecule has 20 heavy (non-hydrogen) atoms. The highest BCUT2D eigenvalue weighted by molar-refractivity contribution is 9.09. The van der Waals surface area contributed by atoms with Crippen LogP contribution >= 0.6 is 15.9 Å². The number of nitrogens with zero attached hydrogens (tertiary/aromatic N) is 1. The van der Waals surface area contributed by atoms with E-state index in [0.29, 0.717) is 29.9 Å². The third kappa shape index (κ3) is 4.84. The fourth-order valence-electron chi connectivity index (χ4n) is 1.91. The number of rotatable bonds is 9. The fourth-order valence-corrected chi connectivity index (χ4v) is 3.99. The average Bonchev–Trinajstić information content (AvgIpc) is 2.44. The van der Waals surface area contributed by atoms with Gasteiger partial charge in [0.2, 0.25) is 10.0 Å². The van der Waals surface area contributed by atoms with Crippen molar-refractivity contribution in [3.63, 3.8) is 0 Å². The van der Waals surface area contributed by atoms with E-state index < -0.39 is 10.0 Å². The summed E-state index contributed by atoms with van der Waals surface area (Å²) in [5.41, 5.74) is 1.16. The Labute approximate surface area is 130 Å². The molecule has 0 aliphatic carbocycles. The number of hydrogen-bond donors (Lipinski definition) is 0. The van der Waals surface area contributed by atoms with Gasteiger partial charge in [-0.1, -0.05) is 41.4 Å². The molecule has 0 saturated carbocycles. The highest BCUT2D eigenvalue weighted by Gasteiger charge is 2.23. The summed E-state index contributed by atoms with van der Waals surface area (Å²) in [5.74, 6) is 0. The SMILES string of the molecule is CCCc1ccc(S(=O)(=O)N(CCBr)CCOC)cc1. The second-order valence-electron chi connectivity index (χ2n) is 4.48. The van der Waals surface area contributed by atoms with Crippen LogP contribution in [0.1, 0.15) is 18.9 Å². The van der Waals surface area contributed by atoms with Crippen LogP contribution in [0.2, 0.25) is 0 Å².